The van der Waals surface area contributed by atoms with Crippen LogP contribution in [0.4, 0.5) is 5.82 Å². The highest BCUT2D eigenvalue weighted by Crippen LogP contribution is 2.51. The fourth-order valence-corrected chi connectivity index (χ4v) is 4.92. The predicted octanol–water partition coefficient (Wildman–Crippen LogP) is 0.377. The second-order valence-corrected chi connectivity index (χ2v) is 9.02. The summed E-state index contributed by atoms with van der Waals surface area (Å²) in [6.07, 6.45) is 0.620. The van der Waals surface area contributed by atoms with Crippen molar-refractivity contribution in [3.63, 3.8) is 0 Å². The molecule has 1 aromatic rings. The summed E-state index contributed by atoms with van der Waals surface area (Å²) in [6, 6.07) is 0. The van der Waals surface area contributed by atoms with E-state index in [9.17, 15) is 9.36 Å². The smallest absolute Gasteiger partial charge is 0.383 e. The van der Waals surface area contributed by atoms with Gasteiger partial charge >= 0.3 is 13.5 Å². The summed E-state index contributed by atoms with van der Waals surface area (Å²) in [4.78, 5) is 33.9. The molecule has 0 aliphatic carbocycles. The number of nitrogens with two attached hydrogens (primary N) is 1. The van der Waals surface area contributed by atoms with Gasteiger partial charge in [0.05, 0.1) is 11.9 Å². The molecule has 0 spiro atoms. The Morgan fingerprint density at radius 1 is 1.44 bits per heavy atom. The van der Waals surface area contributed by atoms with Crippen LogP contribution in [0.5, 0.6) is 0 Å². The van der Waals surface area contributed by atoms with Crippen molar-refractivity contribution < 1.29 is 28.3 Å². The van der Waals surface area contributed by atoms with Crippen LogP contribution in [0.25, 0.3) is 0 Å². The van der Waals surface area contributed by atoms with Crippen LogP contribution in [0, 0.1) is 6.92 Å². The lowest BCUT2D eigenvalue weighted by molar-refractivity contribution is -0.149. The number of hydrogen-bond acceptors (Lipinski definition) is 8. The standard InChI is InChI=1S/C13H20N3O7PS/c1-6-4-16(12(17)15-10(6)14)11-9-8(22-13(2,3)23-9)7(25-11)5-21-24(18,19)20/h4,7-9,11H,5H2,1-3H3,(H2,14,15,17)(H2,18,19,20)/t7-,8-,9-,11-/m1/s1. The molecule has 12 heteroatoms. The second kappa shape index (κ2) is 6.34. The maximum absolute atomic E-state index is 12.3. The van der Waals surface area contributed by atoms with Gasteiger partial charge in [-0.15, -0.1) is 11.8 Å². The molecule has 0 saturated carbocycles. The zero-order chi connectivity index (χ0) is 18.6. The normalized spacial score (nSPS) is 31.2. The fourth-order valence-electron chi connectivity index (χ4n) is 2.95. The largest absolute Gasteiger partial charge is 0.469 e. The Morgan fingerprint density at radius 3 is 2.72 bits per heavy atom. The summed E-state index contributed by atoms with van der Waals surface area (Å²) >= 11 is 1.29. The van der Waals surface area contributed by atoms with E-state index in [-0.39, 0.29) is 12.4 Å². The van der Waals surface area contributed by atoms with Crippen molar-refractivity contribution in [1.29, 1.82) is 0 Å². The number of fused-ring (bicyclic) bond motifs is 1. The minimum absolute atomic E-state index is 0.158. The summed E-state index contributed by atoms with van der Waals surface area (Å²) < 4.78 is 28.8. The third-order valence-corrected chi connectivity index (χ3v) is 5.99. The fraction of sp³-hybridized carbons (Fsp3) is 0.692. The molecule has 10 nitrogen and oxygen atoms in total. The number of nitrogen functional groups attached to an aromatic ring is 1. The lowest BCUT2D eigenvalue weighted by atomic mass is 10.1. The van der Waals surface area contributed by atoms with Crippen molar-refractivity contribution in [2.45, 2.75) is 49.4 Å². The Labute approximate surface area is 147 Å². The molecule has 0 bridgehead atoms. The summed E-state index contributed by atoms with van der Waals surface area (Å²) in [5, 5.41) is -0.898. The molecular formula is C13H20N3O7PS. The maximum Gasteiger partial charge on any atom is 0.469 e. The predicted molar refractivity (Wildman–Crippen MR) is 89.9 cm³/mol. The van der Waals surface area contributed by atoms with Crippen molar-refractivity contribution in [2.75, 3.05) is 12.3 Å². The molecule has 2 aliphatic rings. The number of aryl methyl sites for hydroxylation is 1. The van der Waals surface area contributed by atoms with Crippen LogP contribution < -0.4 is 11.4 Å². The quantitative estimate of drug-likeness (QED) is 0.613. The Kier molecular flexibility index (Phi) is 4.78. The van der Waals surface area contributed by atoms with E-state index < -0.39 is 42.1 Å². The summed E-state index contributed by atoms with van der Waals surface area (Å²) in [6.45, 7) is 4.98. The number of rotatable bonds is 4. The molecule has 1 aromatic heterocycles. The van der Waals surface area contributed by atoms with Gasteiger partial charge in [0, 0.05) is 11.8 Å². The van der Waals surface area contributed by atoms with Crippen LogP contribution in [-0.4, -0.2) is 49.2 Å². The topological polar surface area (TPSA) is 146 Å². The number of aromatic nitrogens is 2. The molecule has 140 valence electrons. The van der Waals surface area contributed by atoms with Crippen molar-refractivity contribution in [1.82, 2.24) is 9.55 Å². The Morgan fingerprint density at radius 2 is 2.08 bits per heavy atom. The highest BCUT2D eigenvalue weighted by Gasteiger charge is 2.55. The van der Waals surface area contributed by atoms with Crippen molar-refractivity contribution in [3.8, 4) is 0 Å². The van der Waals surface area contributed by atoms with E-state index in [0.29, 0.717) is 5.56 Å². The number of ether oxygens (including phenoxy) is 2. The average Bonchev–Trinajstić information content (AvgIpc) is 2.93. The molecule has 0 aromatic carbocycles. The minimum atomic E-state index is -4.61. The molecule has 25 heavy (non-hydrogen) atoms. The first kappa shape index (κ1) is 18.8. The Hall–Kier alpha value is -0.940. The van der Waals surface area contributed by atoms with Crippen LogP contribution in [0.2, 0.25) is 0 Å². The molecule has 3 heterocycles. The molecular weight excluding hydrogens is 373 g/mol. The van der Waals surface area contributed by atoms with Gasteiger partial charge in [0.15, 0.2) is 5.79 Å². The third kappa shape index (κ3) is 3.92. The number of thioether (sulfide) groups is 1. The number of hydrogen-bond donors (Lipinski definition) is 3. The van der Waals surface area contributed by atoms with Gasteiger partial charge < -0.3 is 25.0 Å². The molecule has 0 radical (unpaired) electrons. The molecule has 3 rings (SSSR count). The number of phosphoric ester groups is 1. The van der Waals surface area contributed by atoms with Gasteiger partial charge in [0.2, 0.25) is 0 Å². The number of anilines is 1. The van der Waals surface area contributed by atoms with Crippen molar-refractivity contribution in [2.24, 2.45) is 0 Å². The van der Waals surface area contributed by atoms with E-state index in [0.717, 1.165) is 0 Å². The zero-order valence-electron chi connectivity index (χ0n) is 13.9. The summed E-state index contributed by atoms with van der Waals surface area (Å²) in [5.41, 5.74) is 5.79. The molecule has 4 atom stereocenters. The van der Waals surface area contributed by atoms with Gasteiger partial charge in [-0.1, -0.05) is 0 Å². The van der Waals surface area contributed by atoms with E-state index in [1.807, 2.05) is 0 Å². The van der Waals surface area contributed by atoms with E-state index in [2.05, 4.69) is 9.51 Å². The van der Waals surface area contributed by atoms with E-state index in [1.165, 1.54) is 16.3 Å². The molecule has 2 aliphatic heterocycles. The molecule has 2 fully saturated rings. The molecule has 2 saturated heterocycles. The van der Waals surface area contributed by atoms with Crippen LogP contribution in [0.15, 0.2) is 11.0 Å². The van der Waals surface area contributed by atoms with Gasteiger partial charge in [-0.3, -0.25) is 9.09 Å². The SMILES string of the molecule is Cc1cn([C@@H]2S[C@H](COP(=O)(O)O)[C@H]3OC(C)(C)O[C@H]32)c(=O)nc1N. The van der Waals surface area contributed by atoms with Crippen LogP contribution in [-0.2, 0) is 18.6 Å². The van der Waals surface area contributed by atoms with Crippen LogP contribution >= 0.6 is 19.6 Å². The van der Waals surface area contributed by atoms with Crippen LogP contribution in [0.1, 0.15) is 24.8 Å². The van der Waals surface area contributed by atoms with Gasteiger partial charge in [-0.2, -0.15) is 4.98 Å². The monoisotopic (exact) mass is 393 g/mol. The summed E-state index contributed by atoms with van der Waals surface area (Å²) in [5.74, 6) is -0.722. The lowest BCUT2D eigenvalue weighted by Crippen LogP contribution is -2.34. The first-order valence-corrected chi connectivity index (χ1v) is 10.0. The average molecular weight is 393 g/mol. The Balaban J connectivity index is 1.91. The summed E-state index contributed by atoms with van der Waals surface area (Å²) in [7, 11) is -4.61. The highest BCUT2D eigenvalue weighted by molar-refractivity contribution is 8.00. The van der Waals surface area contributed by atoms with Gasteiger partial charge in [0.1, 0.15) is 23.4 Å². The minimum Gasteiger partial charge on any atom is -0.383 e. The first-order chi connectivity index (χ1) is 11.5. The zero-order valence-corrected chi connectivity index (χ0v) is 15.6. The number of nitrogens with zero attached hydrogens (tertiary/aromatic N) is 2. The van der Waals surface area contributed by atoms with Crippen molar-refractivity contribution in [3.05, 3.63) is 22.2 Å². The number of phosphoric acid groups is 1. The second-order valence-electron chi connectivity index (χ2n) is 6.42. The van der Waals surface area contributed by atoms with Crippen LogP contribution in [0.3, 0.4) is 0 Å². The highest BCUT2D eigenvalue weighted by atomic mass is 32.2. The van der Waals surface area contributed by atoms with E-state index >= 15 is 0 Å². The lowest BCUT2D eigenvalue weighted by Gasteiger charge is -2.24. The van der Waals surface area contributed by atoms with E-state index in [4.69, 9.17) is 25.0 Å². The molecule has 0 amide bonds. The Bertz CT molecular complexity index is 779. The maximum atomic E-state index is 12.3. The molecule has 4 N–H and O–H groups in total. The van der Waals surface area contributed by atoms with Gasteiger partial charge in [0.25, 0.3) is 0 Å². The van der Waals surface area contributed by atoms with Gasteiger partial charge in [-0.25, -0.2) is 9.36 Å². The molecule has 0 unspecified atom stereocenters. The third-order valence-electron chi connectivity index (χ3n) is 3.98. The first-order valence-electron chi connectivity index (χ1n) is 7.53. The van der Waals surface area contributed by atoms with Gasteiger partial charge in [-0.05, 0) is 20.8 Å². The van der Waals surface area contributed by atoms with E-state index in [1.54, 1.807) is 27.0 Å². The van der Waals surface area contributed by atoms with Crippen molar-refractivity contribution >= 4 is 25.4 Å².